The van der Waals surface area contributed by atoms with Crippen LogP contribution in [-0.4, -0.2) is 47.9 Å². The van der Waals surface area contributed by atoms with Gasteiger partial charge in [-0.2, -0.15) is 0 Å². The Balaban J connectivity index is 3.38. The molecule has 0 saturated heterocycles. The van der Waals surface area contributed by atoms with E-state index in [0.29, 0.717) is 11.3 Å². The highest BCUT2D eigenvalue weighted by atomic mass is 35.5. The van der Waals surface area contributed by atoms with E-state index >= 15 is 0 Å². The first-order valence-electron chi connectivity index (χ1n) is 8.09. The molecule has 0 fully saturated rings. The molecule has 8 heteroatoms. The fourth-order valence-electron chi connectivity index (χ4n) is 2.21. The molecule has 144 valence electrons. The minimum atomic E-state index is -0.719. The second-order valence-electron chi connectivity index (χ2n) is 6.94. The molecular formula is C18H26ClFN4O2. The molecule has 1 atom stereocenters. The topological polar surface area (TPSA) is 80.8 Å². The molecule has 0 bridgehead atoms. The maximum absolute atomic E-state index is 14.4. The van der Waals surface area contributed by atoms with Gasteiger partial charge in [0.25, 0.3) is 0 Å². The summed E-state index contributed by atoms with van der Waals surface area (Å²) in [6.07, 6.45) is 0.966. The highest BCUT2D eigenvalue weighted by molar-refractivity contribution is 6.29. The van der Waals surface area contributed by atoms with Gasteiger partial charge in [-0.25, -0.2) is 14.2 Å². The van der Waals surface area contributed by atoms with Crippen LogP contribution in [0.3, 0.4) is 0 Å². The van der Waals surface area contributed by atoms with E-state index in [2.05, 4.69) is 9.98 Å². The van der Waals surface area contributed by atoms with Gasteiger partial charge in [0.15, 0.2) is 11.0 Å². The molecule has 1 rings (SSSR count). The third kappa shape index (κ3) is 5.42. The van der Waals surface area contributed by atoms with Gasteiger partial charge in [0.05, 0.1) is 6.04 Å². The quantitative estimate of drug-likeness (QED) is 0.632. The van der Waals surface area contributed by atoms with Crippen molar-refractivity contribution >= 4 is 29.6 Å². The number of amides is 1. The Hall–Kier alpha value is -2.15. The van der Waals surface area contributed by atoms with Gasteiger partial charge in [0.1, 0.15) is 5.60 Å². The SMILES string of the molecule is CN=C/C(=C(\N)c1cc(C)nc(Cl)c1F)C(C)N(C)C(=O)OC(C)(C)C. The maximum atomic E-state index is 14.4. The summed E-state index contributed by atoms with van der Waals surface area (Å²) in [7, 11) is 3.14. The summed E-state index contributed by atoms with van der Waals surface area (Å²) >= 11 is 5.83. The highest BCUT2D eigenvalue weighted by Crippen LogP contribution is 2.25. The van der Waals surface area contributed by atoms with E-state index in [9.17, 15) is 9.18 Å². The summed E-state index contributed by atoms with van der Waals surface area (Å²) in [4.78, 5) is 21.6. The molecule has 0 spiro atoms. The molecule has 0 saturated carbocycles. The lowest BCUT2D eigenvalue weighted by Gasteiger charge is -2.30. The van der Waals surface area contributed by atoms with Crippen LogP contribution in [0.1, 0.15) is 39.0 Å². The molecule has 0 aliphatic carbocycles. The van der Waals surface area contributed by atoms with Crippen molar-refractivity contribution in [1.29, 1.82) is 0 Å². The average molecular weight is 385 g/mol. The summed E-state index contributed by atoms with van der Waals surface area (Å²) in [6.45, 7) is 8.77. The van der Waals surface area contributed by atoms with Crippen LogP contribution in [0.4, 0.5) is 9.18 Å². The molecule has 26 heavy (non-hydrogen) atoms. The normalized spacial score (nSPS) is 14.2. The Morgan fingerprint density at radius 1 is 1.50 bits per heavy atom. The summed E-state index contributed by atoms with van der Waals surface area (Å²) < 4.78 is 19.8. The molecule has 1 unspecified atom stereocenters. The lowest BCUT2D eigenvalue weighted by Crippen LogP contribution is -2.41. The first-order chi connectivity index (χ1) is 11.9. The molecule has 1 aromatic heterocycles. The molecule has 1 aromatic rings. The van der Waals surface area contributed by atoms with Crippen molar-refractivity contribution in [2.75, 3.05) is 14.1 Å². The molecule has 0 aliphatic rings. The number of likely N-dealkylation sites (N-methyl/N-ethyl adjacent to an activating group) is 1. The Kier molecular flexibility index (Phi) is 7.15. The lowest BCUT2D eigenvalue weighted by molar-refractivity contribution is 0.0263. The number of rotatable bonds is 4. The monoisotopic (exact) mass is 384 g/mol. The largest absolute Gasteiger partial charge is 0.444 e. The number of nitrogens with zero attached hydrogens (tertiary/aromatic N) is 3. The number of carbonyl (C=O) groups excluding carboxylic acids is 1. The summed E-state index contributed by atoms with van der Waals surface area (Å²) in [5.41, 5.74) is 6.80. The fraction of sp³-hybridized carbons (Fsp3) is 0.500. The van der Waals surface area contributed by atoms with E-state index in [1.807, 2.05) is 0 Å². The van der Waals surface area contributed by atoms with Crippen molar-refractivity contribution in [3.63, 3.8) is 0 Å². The second kappa shape index (κ2) is 8.49. The Morgan fingerprint density at radius 2 is 2.08 bits per heavy atom. The van der Waals surface area contributed by atoms with Crippen molar-refractivity contribution in [1.82, 2.24) is 9.88 Å². The van der Waals surface area contributed by atoms with E-state index in [0.717, 1.165) is 0 Å². The fourth-order valence-corrected chi connectivity index (χ4v) is 2.45. The van der Waals surface area contributed by atoms with Gasteiger partial charge < -0.3 is 15.4 Å². The molecule has 2 N–H and O–H groups in total. The first kappa shape index (κ1) is 21.9. The minimum Gasteiger partial charge on any atom is -0.444 e. The number of ether oxygens (including phenoxy) is 1. The second-order valence-corrected chi connectivity index (χ2v) is 7.30. The third-order valence-corrected chi connectivity index (χ3v) is 3.88. The van der Waals surface area contributed by atoms with E-state index in [4.69, 9.17) is 22.1 Å². The number of hydrogen-bond acceptors (Lipinski definition) is 5. The van der Waals surface area contributed by atoms with Crippen LogP contribution in [0.25, 0.3) is 5.70 Å². The zero-order chi connectivity index (χ0) is 20.2. The average Bonchev–Trinajstić information content (AvgIpc) is 2.52. The number of halogens is 2. The number of aromatic nitrogens is 1. The Morgan fingerprint density at radius 3 is 2.58 bits per heavy atom. The Labute approximate surface area is 158 Å². The van der Waals surface area contributed by atoms with Gasteiger partial charge in [-0.3, -0.25) is 4.99 Å². The predicted octanol–water partition coefficient (Wildman–Crippen LogP) is 3.81. The maximum Gasteiger partial charge on any atom is 0.410 e. The number of hydrogen-bond donors (Lipinski definition) is 1. The Bertz CT molecular complexity index is 741. The van der Waals surface area contributed by atoms with E-state index in [-0.39, 0.29) is 16.4 Å². The molecule has 0 aromatic carbocycles. The predicted molar refractivity (Wildman–Crippen MR) is 103 cm³/mol. The van der Waals surface area contributed by atoms with Crippen molar-refractivity contribution in [3.8, 4) is 0 Å². The lowest BCUT2D eigenvalue weighted by atomic mass is 10.0. The van der Waals surface area contributed by atoms with Gasteiger partial charge in [0.2, 0.25) is 0 Å². The van der Waals surface area contributed by atoms with E-state index in [1.165, 1.54) is 17.2 Å². The van der Waals surface area contributed by atoms with Gasteiger partial charge in [0, 0.05) is 42.8 Å². The first-order valence-corrected chi connectivity index (χ1v) is 8.47. The number of carbonyl (C=O) groups is 1. The summed E-state index contributed by atoms with van der Waals surface area (Å²) in [6, 6.07) is 0.987. The van der Waals surface area contributed by atoms with Gasteiger partial charge in [-0.1, -0.05) is 11.6 Å². The zero-order valence-electron chi connectivity index (χ0n) is 16.2. The van der Waals surface area contributed by atoms with Crippen LogP contribution in [0.2, 0.25) is 5.15 Å². The standard InChI is InChI=1S/C18H26ClFN4O2/c1-10-8-12(14(20)16(19)23-10)15(21)13(9-22-6)11(2)24(7)17(25)26-18(3,4)5/h8-9,11H,21H2,1-7H3/b15-13+,22-9?. The van der Waals surface area contributed by atoms with Gasteiger partial charge >= 0.3 is 6.09 Å². The highest BCUT2D eigenvalue weighted by Gasteiger charge is 2.26. The van der Waals surface area contributed by atoms with Crippen LogP contribution >= 0.6 is 11.6 Å². The number of pyridine rings is 1. The minimum absolute atomic E-state index is 0.113. The smallest absolute Gasteiger partial charge is 0.410 e. The van der Waals surface area contributed by atoms with Crippen LogP contribution in [0.15, 0.2) is 16.6 Å². The number of aryl methyl sites for hydroxylation is 1. The third-order valence-electron chi connectivity index (χ3n) is 3.63. The van der Waals surface area contributed by atoms with Crippen LogP contribution in [0.5, 0.6) is 0 Å². The van der Waals surface area contributed by atoms with Crippen molar-refractivity contribution in [3.05, 3.63) is 33.9 Å². The molecule has 0 radical (unpaired) electrons. The van der Waals surface area contributed by atoms with Gasteiger partial charge in [-0.15, -0.1) is 0 Å². The number of nitrogens with two attached hydrogens (primary N) is 1. The zero-order valence-corrected chi connectivity index (χ0v) is 17.0. The van der Waals surface area contributed by atoms with Crippen molar-refractivity contribution in [2.24, 2.45) is 10.7 Å². The van der Waals surface area contributed by atoms with Crippen molar-refractivity contribution in [2.45, 2.75) is 46.3 Å². The van der Waals surface area contributed by atoms with Crippen LogP contribution in [-0.2, 0) is 4.74 Å². The molecule has 1 amide bonds. The molecule has 6 nitrogen and oxygen atoms in total. The molecule has 1 heterocycles. The van der Waals surface area contributed by atoms with E-state index < -0.39 is 23.6 Å². The number of aliphatic imine (C=N–C) groups is 1. The van der Waals surface area contributed by atoms with Crippen molar-refractivity contribution < 1.29 is 13.9 Å². The summed E-state index contributed by atoms with van der Waals surface area (Å²) in [5, 5.41) is -0.260. The molecule has 0 aliphatic heterocycles. The van der Waals surface area contributed by atoms with Crippen LogP contribution < -0.4 is 5.73 Å². The van der Waals surface area contributed by atoms with E-state index in [1.54, 1.807) is 48.7 Å². The van der Waals surface area contributed by atoms with Crippen LogP contribution in [0, 0.1) is 12.7 Å². The summed E-state index contributed by atoms with van der Waals surface area (Å²) in [5.74, 6) is -0.719. The van der Waals surface area contributed by atoms with Gasteiger partial charge in [-0.05, 0) is 40.7 Å². The molecular weight excluding hydrogens is 359 g/mol.